The zero-order valence-electron chi connectivity index (χ0n) is 7.14. The van der Waals surface area contributed by atoms with Gasteiger partial charge in [-0.1, -0.05) is 6.07 Å². The van der Waals surface area contributed by atoms with Crippen LogP contribution in [0, 0.1) is 10.1 Å². The highest BCUT2D eigenvalue weighted by Crippen LogP contribution is 2.32. The standard InChI is InChI=1S/C8H7BrN2O3/c9-7-3-1-2-6(10-7)8(11(12)13)4-14-5-8/h1-3H,4-5H2. The molecule has 14 heavy (non-hydrogen) atoms. The van der Waals surface area contributed by atoms with Gasteiger partial charge in [-0.2, -0.15) is 0 Å². The van der Waals surface area contributed by atoms with Crippen molar-refractivity contribution in [2.45, 2.75) is 5.54 Å². The van der Waals surface area contributed by atoms with E-state index in [0.717, 1.165) is 0 Å². The maximum Gasteiger partial charge on any atom is 0.309 e. The molecule has 2 rings (SSSR count). The molecule has 0 aliphatic carbocycles. The van der Waals surface area contributed by atoms with Gasteiger partial charge in [0.05, 0.1) is 0 Å². The van der Waals surface area contributed by atoms with Gasteiger partial charge in [0.2, 0.25) is 0 Å². The number of rotatable bonds is 2. The van der Waals surface area contributed by atoms with Gasteiger partial charge in [0, 0.05) is 4.92 Å². The molecule has 0 aromatic carbocycles. The molecule has 0 amide bonds. The van der Waals surface area contributed by atoms with E-state index in [1.165, 1.54) is 0 Å². The van der Waals surface area contributed by atoms with E-state index in [-0.39, 0.29) is 18.1 Å². The minimum Gasteiger partial charge on any atom is -0.365 e. The fraction of sp³-hybridized carbons (Fsp3) is 0.375. The Balaban J connectivity index is 2.42. The highest BCUT2D eigenvalue weighted by Gasteiger charge is 2.54. The normalized spacial score (nSPS) is 18.6. The molecule has 0 unspecified atom stereocenters. The van der Waals surface area contributed by atoms with Crippen LogP contribution < -0.4 is 0 Å². The molecule has 6 heteroatoms. The van der Waals surface area contributed by atoms with Gasteiger partial charge in [0.15, 0.2) is 0 Å². The molecule has 0 radical (unpaired) electrons. The summed E-state index contributed by atoms with van der Waals surface area (Å²) < 4.78 is 5.50. The number of halogens is 1. The Bertz CT molecular complexity index is 379. The molecule has 2 heterocycles. The lowest BCUT2D eigenvalue weighted by Gasteiger charge is -2.32. The van der Waals surface area contributed by atoms with E-state index in [1.807, 2.05) is 0 Å². The van der Waals surface area contributed by atoms with Gasteiger partial charge < -0.3 is 4.74 Å². The zero-order chi connectivity index (χ0) is 10.2. The number of nitrogens with zero attached hydrogens (tertiary/aromatic N) is 2. The highest BCUT2D eigenvalue weighted by molar-refractivity contribution is 9.10. The molecule has 0 bridgehead atoms. The van der Waals surface area contributed by atoms with Gasteiger partial charge in [0.25, 0.3) is 0 Å². The number of nitro groups is 1. The minimum atomic E-state index is -1.14. The van der Waals surface area contributed by atoms with Crippen LogP contribution in [-0.4, -0.2) is 23.1 Å². The van der Waals surface area contributed by atoms with Crippen molar-refractivity contribution >= 4 is 15.9 Å². The van der Waals surface area contributed by atoms with Crippen LogP contribution in [0.2, 0.25) is 0 Å². The van der Waals surface area contributed by atoms with Gasteiger partial charge in [-0.25, -0.2) is 4.98 Å². The van der Waals surface area contributed by atoms with Crippen LogP contribution >= 0.6 is 15.9 Å². The van der Waals surface area contributed by atoms with E-state index in [4.69, 9.17) is 4.74 Å². The van der Waals surface area contributed by atoms with Gasteiger partial charge in [0.1, 0.15) is 23.5 Å². The molecule has 1 aliphatic rings. The summed E-state index contributed by atoms with van der Waals surface area (Å²) in [5.74, 6) is 0. The Morgan fingerprint density at radius 2 is 2.29 bits per heavy atom. The second kappa shape index (κ2) is 3.29. The Hall–Kier alpha value is -1.01. The summed E-state index contributed by atoms with van der Waals surface area (Å²) in [7, 11) is 0. The Labute approximate surface area is 88.4 Å². The first-order valence-electron chi connectivity index (χ1n) is 4.00. The summed E-state index contributed by atoms with van der Waals surface area (Å²) >= 11 is 3.18. The average molecular weight is 259 g/mol. The molecule has 1 fully saturated rings. The van der Waals surface area contributed by atoms with Crippen LogP contribution in [0.5, 0.6) is 0 Å². The summed E-state index contributed by atoms with van der Waals surface area (Å²) in [6.45, 7) is 0.201. The molecule has 1 aromatic heterocycles. The molecule has 0 atom stereocenters. The summed E-state index contributed by atoms with van der Waals surface area (Å²) in [5.41, 5.74) is -0.688. The smallest absolute Gasteiger partial charge is 0.309 e. The average Bonchev–Trinajstić information content (AvgIpc) is 2.00. The SMILES string of the molecule is O=[N+]([O-])C1(c2cccc(Br)n2)COC1. The zero-order valence-corrected chi connectivity index (χ0v) is 8.73. The number of aromatic nitrogens is 1. The summed E-state index contributed by atoms with van der Waals surface area (Å²) in [4.78, 5) is 14.6. The topological polar surface area (TPSA) is 65.3 Å². The Kier molecular flexibility index (Phi) is 2.24. The van der Waals surface area contributed by atoms with Gasteiger partial charge >= 0.3 is 5.54 Å². The second-order valence-corrected chi connectivity index (χ2v) is 3.94. The van der Waals surface area contributed by atoms with Crippen molar-refractivity contribution in [2.75, 3.05) is 13.2 Å². The van der Waals surface area contributed by atoms with Crippen LogP contribution in [0.25, 0.3) is 0 Å². The minimum absolute atomic E-state index is 0.101. The van der Waals surface area contributed by atoms with Crippen LogP contribution in [0.1, 0.15) is 5.69 Å². The molecular weight excluding hydrogens is 252 g/mol. The van der Waals surface area contributed by atoms with Crippen LogP contribution in [-0.2, 0) is 10.3 Å². The van der Waals surface area contributed by atoms with Gasteiger partial charge in [-0.3, -0.25) is 10.1 Å². The molecule has 74 valence electrons. The Morgan fingerprint density at radius 1 is 1.57 bits per heavy atom. The lowest BCUT2D eigenvalue weighted by Crippen LogP contribution is -2.53. The van der Waals surface area contributed by atoms with Crippen LogP contribution in [0.15, 0.2) is 22.8 Å². The van der Waals surface area contributed by atoms with E-state index < -0.39 is 5.54 Å². The molecular formula is C8H7BrN2O3. The quantitative estimate of drug-likeness (QED) is 0.456. The molecule has 0 saturated carbocycles. The summed E-state index contributed by atoms with van der Waals surface area (Å²) in [6.07, 6.45) is 0. The third-order valence-corrected chi connectivity index (χ3v) is 2.66. The largest absolute Gasteiger partial charge is 0.365 e. The van der Waals surface area contributed by atoms with Crippen molar-refractivity contribution in [1.82, 2.24) is 4.98 Å². The number of pyridine rings is 1. The van der Waals surface area contributed by atoms with Crippen LogP contribution in [0.3, 0.4) is 0 Å². The number of hydrogen-bond acceptors (Lipinski definition) is 4. The number of ether oxygens (including phenoxy) is 1. The van der Waals surface area contributed by atoms with E-state index in [0.29, 0.717) is 10.3 Å². The maximum atomic E-state index is 10.9. The van der Waals surface area contributed by atoms with E-state index in [1.54, 1.807) is 18.2 Å². The highest BCUT2D eigenvalue weighted by atomic mass is 79.9. The molecule has 1 aliphatic heterocycles. The van der Waals surface area contributed by atoms with Crippen molar-refractivity contribution in [2.24, 2.45) is 0 Å². The van der Waals surface area contributed by atoms with Gasteiger partial charge in [-0.15, -0.1) is 0 Å². The summed E-state index contributed by atoms with van der Waals surface area (Å²) in [5, 5.41) is 10.9. The monoisotopic (exact) mass is 258 g/mol. The fourth-order valence-electron chi connectivity index (χ4n) is 1.31. The molecule has 0 spiro atoms. The van der Waals surface area contributed by atoms with E-state index in [2.05, 4.69) is 20.9 Å². The molecule has 1 aromatic rings. The molecule has 5 nitrogen and oxygen atoms in total. The first-order valence-corrected chi connectivity index (χ1v) is 4.80. The van der Waals surface area contributed by atoms with Gasteiger partial charge in [-0.05, 0) is 28.1 Å². The predicted octanol–water partition coefficient (Wildman–Crippen LogP) is 1.35. The van der Waals surface area contributed by atoms with E-state index in [9.17, 15) is 10.1 Å². The predicted molar refractivity (Wildman–Crippen MR) is 51.4 cm³/mol. The lowest BCUT2D eigenvalue weighted by molar-refractivity contribution is -0.614. The van der Waals surface area contributed by atoms with E-state index >= 15 is 0 Å². The lowest BCUT2D eigenvalue weighted by atomic mass is 9.93. The first kappa shape index (κ1) is 9.54. The van der Waals surface area contributed by atoms with Crippen molar-refractivity contribution in [1.29, 1.82) is 0 Å². The third kappa shape index (κ3) is 1.31. The van der Waals surface area contributed by atoms with Crippen LogP contribution in [0.4, 0.5) is 0 Å². The fourth-order valence-corrected chi connectivity index (χ4v) is 1.65. The maximum absolute atomic E-state index is 10.9. The first-order chi connectivity index (χ1) is 6.65. The molecule has 0 N–H and O–H groups in total. The van der Waals surface area contributed by atoms with Crippen molar-refractivity contribution in [3.8, 4) is 0 Å². The third-order valence-electron chi connectivity index (χ3n) is 2.22. The second-order valence-electron chi connectivity index (χ2n) is 3.13. The molecule has 1 saturated heterocycles. The Morgan fingerprint density at radius 3 is 2.71 bits per heavy atom. The van der Waals surface area contributed by atoms with Crippen molar-refractivity contribution < 1.29 is 9.66 Å². The van der Waals surface area contributed by atoms with Crippen molar-refractivity contribution in [3.05, 3.63) is 38.6 Å². The van der Waals surface area contributed by atoms with Crippen molar-refractivity contribution in [3.63, 3.8) is 0 Å². The number of hydrogen-bond donors (Lipinski definition) is 0. The summed E-state index contributed by atoms with van der Waals surface area (Å²) in [6, 6.07) is 5.11.